The van der Waals surface area contributed by atoms with Crippen LogP contribution in [-0.2, 0) is 19.2 Å². The number of imide groups is 2. The molecular weight excluding hydrogens is 356 g/mol. The van der Waals surface area contributed by atoms with E-state index in [2.05, 4.69) is 5.32 Å². The summed E-state index contributed by atoms with van der Waals surface area (Å²) in [6.45, 7) is 1.34. The number of para-hydroxylation sites is 1. The first-order valence-corrected chi connectivity index (χ1v) is 10.2. The molecular formula is C22H28N2O4. The number of hydrogen-bond donors (Lipinski definition) is 1. The van der Waals surface area contributed by atoms with Crippen molar-refractivity contribution >= 4 is 29.3 Å². The lowest BCUT2D eigenvalue weighted by molar-refractivity contribution is -0.136. The van der Waals surface area contributed by atoms with Crippen LogP contribution < -0.4 is 10.2 Å². The molecule has 150 valence electrons. The molecule has 2 bridgehead atoms. The predicted molar refractivity (Wildman–Crippen MR) is 105 cm³/mol. The lowest BCUT2D eigenvalue weighted by Gasteiger charge is -2.35. The Morgan fingerprint density at radius 1 is 0.893 bits per heavy atom. The third kappa shape index (κ3) is 4.66. The number of nitrogens with one attached hydrogen (secondary N) is 1. The van der Waals surface area contributed by atoms with Crippen LogP contribution in [0.4, 0.5) is 5.69 Å². The molecule has 1 saturated carbocycles. The van der Waals surface area contributed by atoms with E-state index in [1.165, 1.54) is 11.8 Å². The first-order valence-electron chi connectivity index (χ1n) is 10.2. The average Bonchev–Trinajstić information content (AvgIpc) is 2.70. The first-order chi connectivity index (χ1) is 13.5. The lowest BCUT2D eigenvalue weighted by Crippen LogP contribution is -2.50. The Morgan fingerprint density at radius 3 is 2.11 bits per heavy atom. The van der Waals surface area contributed by atoms with Crippen LogP contribution in [0.1, 0.15) is 58.3 Å². The molecule has 6 heteroatoms. The fourth-order valence-corrected chi connectivity index (χ4v) is 4.41. The van der Waals surface area contributed by atoms with Gasteiger partial charge in [-0.2, -0.15) is 0 Å². The van der Waals surface area contributed by atoms with Crippen molar-refractivity contribution in [3.05, 3.63) is 30.3 Å². The van der Waals surface area contributed by atoms with Crippen LogP contribution in [0.25, 0.3) is 0 Å². The summed E-state index contributed by atoms with van der Waals surface area (Å²) in [5.41, 5.74) is 0.640. The number of nitrogens with zero attached hydrogens (tertiary/aromatic N) is 1. The van der Waals surface area contributed by atoms with Gasteiger partial charge in [0.25, 0.3) is 0 Å². The van der Waals surface area contributed by atoms with Crippen LogP contribution in [0, 0.1) is 17.8 Å². The number of piperidine rings is 1. The molecule has 2 aliphatic rings. The van der Waals surface area contributed by atoms with E-state index in [0.29, 0.717) is 31.4 Å². The summed E-state index contributed by atoms with van der Waals surface area (Å²) in [4.78, 5) is 50.9. The number of carbonyl (C=O) groups excluding carboxylic acids is 4. The molecule has 1 aromatic rings. The number of carbonyl (C=O) groups is 4. The predicted octanol–water partition coefficient (Wildman–Crippen LogP) is 3.21. The van der Waals surface area contributed by atoms with Crippen molar-refractivity contribution in [1.29, 1.82) is 0 Å². The minimum atomic E-state index is -0.338. The molecule has 1 heterocycles. The van der Waals surface area contributed by atoms with Crippen molar-refractivity contribution in [2.24, 2.45) is 17.8 Å². The molecule has 3 atom stereocenters. The van der Waals surface area contributed by atoms with Crippen LogP contribution in [0.15, 0.2) is 30.3 Å². The number of fused-ring (bicyclic) bond motifs is 2. The smallest absolute Gasteiger partial charge is 0.236 e. The standard InChI is InChI=1S/C22H28N2O4/c1-15(25)23-20(26)16-8-5-6-9-17-14-18(11-7-10-16)22(28)24(21(17)27)19-12-3-2-4-13-19/h2-4,12-13,16-18H,5-11,14H2,1H3,(H,23,25,26). The monoisotopic (exact) mass is 384 g/mol. The Balaban J connectivity index is 1.76. The molecule has 6 nitrogen and oxygen atoms in total. The average molecular weight is 384 g/mol. The Hall–Kier alpha value is -2.50. The van der Waals surface area contributed by atoms with Crippen molar-refractivity contribution in [2.45, 2.75) is 58.3 Å². The van der Waals surface area contributed by atoms with E-state index in [0.717, 1.165) is 25.7 Å². The zero-order valence-corrected chi connectivity index (χ0v) is 16.4. The summed E-state index contributed by atoms with van der Waals surface area (Å²) in [6.07, 6.45) is 5.77. The highest BCUT2D eigenvalue weighted by Gasteiger charge is 2.41. The first kappa shape index (κ1) is 20.2. The maximum Gasteiger partial charge on any atom is 0.236 e. The van der Waals surface area contributed by atoms with E-state index < -0.39 is 0 Å². The van der Waals surface area contributed by atoms with Gasteiger partial charge < -0.3 is 0 Å². The van der Waals surface area contributed by atoms with Crippen LogP contribution in [0.5, 0.6) is 0 Å². The number of benzene rings is 1. The Kier molecular flexibility index (Phi) is 6.60. The topological polar surface area (TPSA) is 83.6 Å². The third-order valence-corrected chi connectivity index (χ3v) is 5.85. The molecule has 4 amide bonds. The van der Waals surface area contributed by atoms with Gasteiger partial charge in [0, 0.05) is 24.7 Å². The Morgan fingerprint density at radius 2 is 1.46 bits per heavy atom. The summed E-state index contributed by atoms with van der Waals surface area (Å²) in [5, 5.41) is 2.40. The highest BCUT2D eigenvalue weighted by Crippen LogP contribution is 2.35. The van der Waals surface area contributed by atoms with Gasteiger partial charge in [0.15, 0.2) is 0 Å². The fourth-order valence-electron chi connectivity index (χ4n) is 4.41. The molecule has 3 unspecified atom stereocenters. The molecule has 1 N–H and O–H groups in total. The Labute approximate surface area is 165 Å². The van der Waals surface area contributed by atoms with E-state index in [4.69, 9.17) is 0 Å². The van der Waals surface area contributed by atoms with E-state index in [-0.39, 0.29) is 41.4 Å². The summed E-state index contributed by atoms with van der Waals surface area (Å²) < 4.78 is 0. The number of anilines is 1. The van der Waals surface area contributed by atoms with Gasteiger partial charge in [-0.1, -0.05) is 37.5 Å². The van der Waals surface area contributed by atoms with Crippen molar-refractivity contribution < 1.29 is 19.2 Å². The van der Waals surface area contributed by atoms with Gasteiger partial charge in [-0.05, 0) is 44.2 Å². The molecule has 3 rings (SSSR count). The zero-order chi connectivity index (χ0) is 20.1. The summed E-state index contributed by atoms with van der Waals surface area (Å²) in [7, 11) is 0. The number of rotatable bonds is 2. The molecule has 1 aromatic carbocycles. The van der Waals surface area contributed by atoms with E-state index in [1.807, 2.05) is 18.2 Å². The lowest BCUT2D eigenvalue weighted by atomic mass is 9.82. The normalized spacial score (nSPS) is 26.3. The zero-order valence-electron chi connectivity index (χ0n) is 16.4. The fraction of sp³-hybridized carbons (Fsp3) is 0.545. The minimum absolute atomic E-state index is 0.0995. The second kappa shape index (κ2) is 9.13. The molecule has 0 radical (unpaired) electrons. The highest BCUT2D eigenvalue weighted by atomic mass is 16.2. The molecule has 0 aromatic heterocycles. The van der Waals surface area contributed by atoms with Gasteiger partial charge in [0.1, 0.15) is 0 Å². The van der Waals surface area contributed by atoms with E-state index in [1.54, 1.807) is 12.1 Å². The van der Waals surface area contributed by atoms with Crippen LogP contribution in [-0.4, -0.2) is 23.6 Å². The SMILES string of the molecule is CC(=O)NC(=O)C1CCCCC2CC(CCC1)C(=O)N(c1ccccc1)C2=O. The molecule has 2 fully saturated rings. The van der Waals surface area contributed by atoms with Crippen molar-refractivity contribution in [1.82, 2.24) is 5.32 Å². The van der Waals surface area contributed by atoms with Gasteiger partial charge in [0.2, 0.25) is 23.6 Å². The quantitative estimate of drug-likeness (QED) is 0.794. The highest BCUT2D eigenvalue weighted by molar-refractivity contribution is 6.18. The summed E-state index contributed by atoms with van der Waals surface area (Å²) in [5.74, 6) is -1.34. The number of hydrogen-bond acceptors (Lipinski definition) is 4. The van der Waals surface area contributed by atoms with Crippen molar-refractivity contribution in [2.75, 3.05) is 4.90 Å². The summed E-state index contributed by atoms with van der Waals surface area (Å²) in [6, 6.07) is 9.14. The second-order valence-corrected chi connectivity index (χ2v) is 7.93. The van der Waals surface area contributed by atoms with E-state index in [9.17, 15) is 19.2 Å². The Bertz CT molecular complexity index is 746. The number of amides is 4. The third-order valence-electron chi connectivity index (χ3n) is 5.85. The van der Waals surface area contributed by atoms with Gasteiger partial charge in [-0.3, -0.25) is 29.4 Å². The molecule has 28 heavy (non-hydrogen) atoms. The summed E-state index contributed by atoms with van der Waals surface area (Å²) >= 11 is 0. The van der Waals surface area contributed by atoms with Gasteiger partial charge in [-0.25, -0.2) is 0 Å². The largest absolute Gasteiger partial charge is 0.296 e. The van der Waals surface area contributed by atoms with Crippen LogP contribution in [0.2, 0.25) is 0 Å². The maximum absolute atomic E-state index is 13.0. The maximum atomic E-state index is 13.0. The molecule has 1 aliphatic carbocycles. The molecule has 0 spiro atoms. The van der Waals surface area contributed by atoms with Gasteiger partial charge in [-0.15, -0.1) is 0 Å². The molecule has 1 saturated heterocycles. The van der Waals surface area contributed by atoms with Crippen molar-refractivity contribution in [3.63, 3.8) is 0 Å². The van der Waals surface area contributed by atoms with E-state index >= 15 is 0 Å². The van der Waals surface area contributed by atoms with Gasteiger partial charge >= 0.3 is 0 Å². The second-order valence-electron chi connectivity index (χ2n) is 7.93. The minimum Gasteiger partial charge on any atom is -0.296 e. The van der Waals surface area contributed by atoms with Gasteiger partial charge in [0.05, 0.1) is 5.69 Å². The van der Waals surface area contributed by atoms with Crippen LogP contribution in [0.3, 0.4) is 0 Å². The molecule has 1 aliphatic heterocycles. The van der Waals surface area contributed by atoms with Crippen molar-refractivity contribution in [3.8, 4) is 0 Å². The van der Waals surface area contributed by atoms with Crippen LogP contribution >= 0.6 is 0 Å².